The monoisotopic (exact) mass is 866 g/mol. The van der Waals surface area contributed by atoms with Crippen LogP contribution in [0.15, 0.2) is 86.2 Å². The van der Waals surface area contributed by atoms with Crippen LogP contribution in [0.5, 0.6) is 0 Å². The Morgan fingerprint density at radius 1 is 0.646 bits per heavy atom. The van der Waals surface area contributed by atoms with Gasteiger partial charge in [0.25, 0.3) is 0 Å². The average molecular weight is 869 g/mol. The maximum absolute atomic E-state index is 13.9. The summed E-state index contributed by atoms with van der Waals surface area (Å²) in [4.78, 5) is 10.1. The van der Waals surface area contributed by atoms with E-state index in [9.17, 15) is 31.1 Å². The van der Waals surface area contributed by atoms with Gasteiger partial charge in [-0.2, -0.15) is 0 Å². The molecule has 1 heterocycles. The summed E-state index contributed by atoms with van der Waals surface area (Å²) in [5.74, 6) is -1.67. The summed E-state index contributed by atoms with van der Waals surface area (Å²) in [6.07, 6.45) is 0.607. The van der Waals surface area contributed by atoms with E-state index in [1.807, 2.05) is 27.7 Å². The summed E-state index contributed by atoms with van der Waals surface area (Å²) in [6, 6.07) is 17.2. The molecule has 0 aliphatic carbocycles. The van der Waals surface area contributed by atoms with E-state index in [-0.39, 0.29) is 12.4 Å². The molecule has 0 unspecified atom stereocenters. The summed E-state index contributed by atoms with van der Waals surface area (Å²) in [5, 5.41) is 8.57. The summed E-state index contributed by atoms with van der Waals surface area (Å²) < 4.78 is 88.5. The van der Waals surface area contributed by atoms with E-state index in [1.165, 1.54) is 48.5 Å². The van der Waals surface area contributed by atoms with Crippen LogP contribution >= 0.6 is 47.8 Å². The molecule has 48 heavy (non-hydrogen) atoms. The molecular weight excluding hydrogens is 837 g/mol. The van der Waals surface area contributed by atoms with Crippen LogP contribution in [0.3, 0.4) is 0 Å². The predicted octanol–water partition coefficient (Wildman–Crippen LogP) is 10.1. The average Bonchev–Trinajstić information content (AvgIpc) is 3.27. The summed E-state index contributed by atoms with van der Waals surface area (Å²) in [5.41, 5.74) is 0.895. The highest BCUT2D eigenvalue weighted by Gasteiger charge is 2.52. The molecule has 1 saturated heterocycles. The number of carbonyl (C=O) groups excluding carboxylic acids is 1. The third kappa shape index (κ3) is 12.1. The molecule has 0 bridgehead atoms. The molecule has 1 fully saturated rings. The molecule has 0 amide bonds. The third-order valence-electron chi connectivity index (χ3n) is 7.11. The van der Waals surface area contributed by atoms with E-state index >= 15 is 0 Å². The van der Waals surface area contributed by atoms with Crippen LogP contribution in [0.4, 0.5) is 26.3 Å². The predicted molar refractivity (Wildman–Crippen MR) is 185 cm³/mol. The van der Waals surface area contributed by atoms with Gasteiger partial charge < -0.3 is 14.4 Å². The lowest BCUT2D eigenvalue weighted by Crippen LogP contribution is -2.41. The first-order chi connectivity index (χ1) is 22.5. The minimum absolute atomic E-state index is 0.121. The number of rotatable bonds is 5. The van der Waals surface area contributed by atoms with Gasteiger partial charge in [0.2, 0.25) is 0 Å². The maximum Gasteiger partial charge on any atom is 0.497 e. The van der Waals surface area contributed by atoms with Gasteiger partial charge >= 0.3 is 7.12 Å². The molecule has 1 N–H and O–H groups in total. The number of aliphatic hydroxyl groups excluding tert-OH is 1. The number of alkyl halides is 2. The normalized spacial score (nSPS) is 14.1. The zero-order chi connectivity index (χ0) is 36.2. The van der Waals surface area contributed by atoms with Gasteiger partial charge in [0.15, 0.2) is 0 Å². The lowest BCUT2D eigenvalue weighted by atomic mass is 9.78. The van der Waals surface area contributed by atoms with Crippen LogP contribution < -0.4 is 5.46 Å². The van der Waals surface area contributed by atoms with Gasteiger partial charge in [-0.1, -0.05) is 30.3 Å². The smallest absolute Gasteiger partial charge is 0.399 e. The van der Waals surface area contributed by atoms with Crippen molar-refractivity contribution in [3.63, 3.8) is 0 Å². The van der Waals surface area contributed by atoms with Gasteiger partial charge in [-0.15, -0.1) is 0 Å². The molecule has 258 valence electrons. The van der Waals surface area contributed by atoms with E-state index in [1.54, 1.807) is 24.3 Å². The minimum atomic E-state index is -0.747. The lowest BCUT2D eigenvalue weighted by Gasteiger charge is -2.32. The Kier molecular flexibility index (Phi) is 16.5. The SMILES string of the molecule is CC1(C)OB(c2ccc(CF)cc2F)OC1(C)C.FCc1ccc(Br)c(F)c1.O=Cc1ccc(Br)c(F)c1.OCc1ccc(Br)c(F)c1. The first-order valence-electron chi connectivity index (χ1n) is 14.1. The van der Waals surface area contributed by atoms with Crippen molar-refractivity contribution >= 4 is 66.7 Å². The molecule has 0 atom stereocenters. The van der Waals surface area contributed by atoms with Gasteiger partial charge in [-0.05, 0) is 135 Å². The highest BCUT2D eigenvalue weighted by atomic mass is 79.9. The maximum atomic E-state index is 13.9. The van der Waals surface area contributed by atoms with Crippen molar-refractivity contribution < 1.29 is 45.6 Å². The molecule has 0 aromatic heterocycles. The van der Waals surface area contributed by atoms with Crippen LogP contribution in [0.25, 0.3) is 0 Å². The Balaban J connectivity index is 0.000000232. The zero-order valence-corrected chi connectivity index (χ0v) is 31.0. The number of carbonyl (C=O) groups is 1. The molecule has 4 aromatic carbocycles. The van der Waals surface area contributed by atoms with Gasteiger partial charge in [0.05, 0.1) is 31.2 Å². The highest BCUT2D eigenvalue weighted by molar-refractivity contribution is 9.11. The quantitative estimate of drug-likeness (QED) is 0.123. The van der Waals surface area contributed by atoms with Crippen molar-refractivity contribution in [2.45, 2.75) is 58.9 Å². The van der Waals surface area contributed by atoms with Crippen molar-refractivity contribution in [2.75, 3.05) is 0 Å². The van der Waals surface area contributed by atoms with Crippen LogP contribution in [0.2, 0.25) is 0 Å². The van der Waals surface area contributed by atoms with E-state index < -0.39 is 49.1 Å². The molecule has 4 aromatic rings. The first-order valence-corrected chi connectivity index (χ1v) is 16.5. The van der Waals surface area contributed by atoms with E-state index in [0.717, 1.165) is 0 Å². The number of aldehydes is 1. The molecule has 4 nitrogen and oxygen atoms in total. The van der Waals surface area contributed by atoms with Crippen LogP contribution in [0.1, 0.15) is 54.7 Å². The van der Waals surface area contributed by atoms with Gasteiger partial charge in [0, 0.05) is 11.0 Å². The van der Waals surface area contributed by atoms with Crippen molar-refractivity contribution in [1.29, 1.82) is 0 Å². The highest BCUT2D eigenvalue weighted by Crippen LogP contribution is 2.36. The fraction of sp³-hybridized carbons (Fsp3) is 0.265. The lowest BCUT2D eigenvalue weighted by molar-refractivity contribution is 0.00578. The third-order valence-corrected chi connectivity index (χ3v) is 9.04. The summed E-state index contributed by atoms with van der Waals surface area (Å²) >= 11 is 8.93. The van der Waals surface area contributed by atoms with Gasteiger partial charge in [-0.3, -0.25) is 4.79 Å². The van der Waals surface area contributed by atoms with Crippen molar-refractivity contribution in [3.8, 4) is 0 Å². The Labute approximate surface area is 301 Å². The van der Waals surface area contributed by atoms with Gasteiger partial charge in [-0.25, -0.2) is 26.3 Å². The van der Waals surface area contributed by atoms with E-state index in [4.69, 9.17) is 14.4 Å². The van der Waals surface area contributed by atoms with E-state index in [0.29, 0.717) is 47.4 Å². The van der Waals surface area contributed by atoms with Crippen molar-refractivity contribution in [1.82, 2.24) is 0 Å². The van der Waals surface area contributed by atoms with Gasteiger partial charge in [0.1, 0.15) is 42.9 Å². The molecule has 1 aliphatic heterocycles. The topological polar surface area (TPSA) is 55.8 Å². The second kappa shape index (κ2) is 19.1. The largest absolute Gasteiger partial charge is 0.497 e. The molecule has 5 rings (SSSR count). The second-order valence-corrected chi connectivity index (χ2v) is 13.7. The van der Waals surface area contributed by atoms with Crippen molar-refractivity contribution in [2.24, 2.45) is 0 Å². The van der Waals surface area contributed by atoms with Crippen LogP contribution in [-0.4, -0.2) is 29.7 Å². The molecule has 1 aliphatic rings. The molecule has 0 radical (unpaired) electrons. The molecular formula is C34H32BBr3F6O4. The Morgan fingerprint density at radius 2 is 1.04 bits per heavy atom. The number of hydrogen-bond donors (Lipinski definition) is 1. The Bertz CT molecular complexity index is 1610. The first kappa shape index (κ1) is 41.7. The summed E-state index contributed by atoms with van der Waals surface area (Å²) in [6.45, 7) is 6.19. The second-order valence-electron chi connectivity index (χ2n) is 11.2. The zero-order valence-electron chi connectivity index (χ0n) is 26.3. The fourth-order valence-electron chi connectivity index (χ4n) is 3.66. The number of benzene rings is 4. The molecule has 0 saturated carbocycles. The van der Waals surface area contributed by atoms with E-state index in [2.05, 4.69) is 47.8 Å². The number of aliphatic hydroxyl groups is 1. The summed E-state index contributed by atoms with van der Waals surface area (Å²) in [7, 11) is -0.747. The van der Waals surface area contributed by atoms with Crippen molar-refractivity contribution in [3.05, 3.63) is 132 Å². The minimum Gasteiger partial charge on any atom is -0.399 e. The Morgan fingerprint density at radius 3 is 1.44 bits per heavy atom. The van der Waals surface area contributed by atoms with Crippen LogP contribution in [-0.2, 0) is 29.3 Å². The molecule has 0 spiro atoms. The standard InChI is InChI=1S/C13H17BF2O2.C7H5BrF2.C7H6BrFO.C7H4BrFO/c1-12(2)13(3,4)18-14(17-12)10-6-5-9(8-15)7-11(10)16;8-6-2-1-5(4-9)3-7(6)10;2*8-6-2-1-5(4-10)3-7(6)9/h5-7H,8H2,1-4H3;1-3H,4H2;1-3,10H,4H2;1-4H. The number of halogens is 9. The van der Waals surface area contributed by atoms with Crippen LogP contribution in [0, 0.1) is 23.3 Å². The fourth-order valence-corrected chi connectivity index (χ4v) is 4.40. The number of hydrogen-bond acceptors (Lipinski definition) is 4. The Hall–Kier alpha value is -2.49. The molecule has 14 heteroatoms.